The monoisotopic (exact) mass is 331 g/mol. The van der Waals surface area contributed by atoms with Gasteiger partial charge in [0.25, 0.3) is 0 Å². The van der Waals surface area contributed by atoms with Gasteiger partial charge in [0.15, 0.2) is 0 Å². The number of imide groups is 1. The van der Waals surface area contributed by atoms with Crippen LogP contribution in [0, 0.1) is 30.6 Å². The Balaban J connectivity index is 1.80. The third kappa shape index (κ3) is 1.40. The van der Waals surface area contributed by atoms with E-state index in [-0.39, 0.29) is 35.5 Å². The summed E-state index contributed by atoms with van der Waals surface area (Å²) in [4.78, 5) is 26.8. The normalized spacial score (nSPS) is 34.2. The predicted octanol–water partition coefficient (Wildman–Crippen LogP) is 3.07. The number of hydrogen-bond acceptors (Lipinski definition) is 2. The first-order chi connectivity index (χ1) is 9.59. The third-order valence-electron chi connectivity index (χ3n) is 4.88. The van der Waals surface area contributed by atoms with Gasteiger partial charge in [0, 0.05) is 4.47 Å². The number of benzene rings is 1. The molecule has 0 spiro atoms. The number of carbonyl (C=O) groups excluding carboxylic acids is 2. The molecule has 4 atom stereocenters. The van der Waals surface area contributed by atoms with Crippen molar-refractivity contribution in [2.75, 3.05) is 4.90 Å². The maximum absolute atomic E-state index is 12.7. The van der Waals surface area contributed by atoms with Crippen molar-refractivity contribution in [2.24, 2.45) is 23.7 Å². The molecule has 1 saturated carbocycles. The van der Waals surface area contributed by atoms with Crippen molar-refractivity contribution in [3.8, 4) is 0 Å². The van der Waals surface area contributed by atoms with Gasteiger partial charge in [-0.05, 0) is 52.7 Å². The Kier molecular flexibility index (Phi) is 2.49. The third-order valence-corrected chi connectivity index (χ3v) is 5.91. The number of hydrogen-bond donors (Lipinski definition) is 0. The van der Waals surface area contributed by atoms with Crippen LogP contribution in [0.25, 0.3) is 0 Å². The van der Waals surface area contributed by atoms with Crippen LogP contribution in [0.4, 0.5) is 5.69 Å². The second-order valence-corrected chi connectivity index (χ2v) is 6.71. The largest absolute Gasteiger partial charge is 0.274 e. The fraction of sp³-hybridized carbons (Fsp3) is 0.375. The summed E-state index contributed by atoms with van der Waals surface area (Å²) in [6.07, 6.45) is 5.20. The summed E-state index contributed by atoms with van der Waals surface area (Å²) in [6.45, 7) is 1.96. The van der Waals surface area contributed by atoms with Gasteiger partial charge in [-0.3, -0.25) is 9.59 Å². The van der Waals surface area contributed by atoms with Gasteiger partial charge in [0.1, 0.15) is 0 Å². The number of aryl methyl sites for hydroxylation is 1. The lowest BCUT2D eigenvalue weighted by molar-refractivity contribution is -0.123. The summed E-state index contributed by atoms with van der Waals surface area (Å²) >= 11 is 3.51. The first-order valence-corrected chi connectivity index (χ1v) is 7.70. The van der Waals surface area contributed by atoms with Crippen LogP contribution in [0.3, 0.4) is 0 Å². The first kappa shape index (κ1) is 12.3. The molecule has 1 saturated heterocycles. The number of carbonyl (C=O) groups is 2. The number of rotatable bonds is 1. The van der Waals surface area contributed by atoms with Crippen LogP contribution in [-0.2, 0) is 9.59 Å². The molecule has 1 aliphatic heterocycles. The lowest BCUT2D eigenvalue weighted by Gasteiger charge is -2.19. The molecule has 0 aromatic heterocycles. The number of nitrogens with zero attached hydrogens (tertiary/aromatic N) is 1. The summed E-state index contributed by atoms with van der Waals surface area (Å²) in [7, 11) is 0. The number of fused-ring (bicyclic) bond motifs is 5. The molecule has 0 radical (unpaired) electrons. The zero-order valence-electron chi connectivity index (χ0n) is 11.0. The summed E-state index contributed by atoms with van der Waals surface area (Å²) in [5.74, 6) is 0.200. The molecule has 1 aromatic rings. The molecule has 3 aliphatic rings. The van der Waals surface area contributed by atoms with E-state index in [1.165, 1.54) is 4.90 Å². The van der Waals surface area contributed by atoms with Gasteiger partial charge in [-0.25, -0.2) is 4.90 Å². The Labute approximate surface area is 125 Å². The van der Waals surface area contributed by atoms with Crippen LogP contribution < -0.4 is 4.90 Å². The van der Waals surface area contributed by atoms with E-state index in [0.717, 1.165) is 16.5 Å². The minimum absolute atomic E-state index is 0.0249. The number of halogens is 1. The van der Waals surface area contributed by atoms with E-state index in [0.29, 0.717) is 5.69 Å². The Bertz CT molecular complexity index is 636. The highest BCUT2D eigenvalue weighted by Gasteiger charge is 2.59. The minimum atomic E-state index is -0.134. The molecule has 102 valence electrons. The molecule has 1 aromatic carbocycles. The highest BCUT2D eigenvalue weighted by atomic mass is 79.9. The van der Waals surface area contributed by atoms with Gasteiger partial charge < -0.3 is 0 Å². The van der Waals surface area contributed by atoms with Gasteiger partial charge >= 0.3 is 0 Å². The van der Waals surface area contributed by atoms with Crippen LogP contribution in [0.2, 0.25) is 0 Å². The van der Waals surface area contributed by atoms with Crippen LogP contribution >= 0.6 is 15.9 Å². The van der Waals surface area contributed by atoms with E-state index in [2.05, 4.69) is 28.1 Å². The average Bonchev–Trinajstić information content (AvgIpc) is 3.09. The van der Waals surface area contributed by atoms with Gasteiger partial charge in [0.2, 0.25) is 11.8 Å². The van der Waals surface area contributed by atoms with Crippen LogP contribution in [-0.4, -0.2) is 11.8 Å². The zero-order chi connectivity index (χ0) is 14.0. The van der Waals surface area contributed by atoms with E-state index in [1.807, 2.05) is 25.1 Å². The first-order valence-electron chi connectivity index (χ1n) is 6.91. The molecular weight excluding hydrogens is 318 g/mol. The topological polar surface area (TPSA) is 37.4 Å². The summed E-state index contributed by atoms with van der Waals surface area (Å²) in [5, 5.41) is 0. The Morgan fingerprint density at radius 2 is 1.70 bits per heavy atom. The maximum Gasteiger partial charge on any atom is 0.238 e. The summed E-state index contributed by atoms with van der Waals surface area (Å²) in [5.41, 5.74) is 1.72. The molecular formula is C16H14BrNO2. The standard InChI is InChI=1S/C16H14BrNO2/c1-8-3-2-4-11(14(8)17)18-15(19)12-9-5-6-10(7-9)13(12)16(18)20/h2-6,9-10,12-13H,7H2,1H3. The molecule has 4 unspecified atom stereocenters. The average molecular weight is 332 g/mol. The van der Waals surface area contributed by atoms with Crippen molar-refractivity contribution in [3.63, 3.8) is 0 Å². The highest BCUT2D eigenvalue weighted by Crippen LogP contribution is 2.53. The maximum atomic E-state index is 12.7. The number of amides is 2. The Morgan fingerprint density at radius 1 is 1.10 bits per heavy atom. The molecule has 20 heavy (non-hydrogen) atoms. The van der Waals surface area contributed by atoms with Crippen LogP contribution in [0.15, 0.2) is 34.8 Å². The lowest BCUT2D eigenvalue weighted by Crippen LogP contribution is -2.33. The highest BCUT2D eigenvalue weighted by molar-refractivity contribution is 9.10. The molecule has 2 fully saturated rings. The second-order valence-electron chi connectivity index (χ2n) is 5.92. The molecule has 2 amide bonds. The summed E-state index contributed by atoms with van der Waals surface area (Å²) in [6, 6.07) is 5.69. The zero-order valence-corrected chi connectivity index (χ0v) is 12.6. The van der Waals surface area contributed by atoms with Gasteiger partial charge in [0.05, 0.1) is 17.5 Å². The van der Waals surface area contributed by atoms with Gasteiger partial charge in [-0.2, -0.15) is 0 Å². The molecule has 2 bridgehead atoms. The molecule has 4 rings (SSSR count). The van der Waals surface area contributed by atoms with E-state index < -0.39 is 0 Å². The van der Waals surface area contributed by atoms with Crippen molar-refractivity contribution in [1.82, 2.24) is 0 Å². The lowest BCUT2D eigenvalue weighted by atomic mass is 9.85. The predicted molar refractivity (Wildman–Crippen MR) is 79.1 cm³/mol. The Hall–Kier alpha value is -1.42. The number of anilines is 1. The smallest absolute Gasteiger partial charge is 0.238 e. The van der Waals surface area contributed by atoms with E-state index in [1.54, 1.807) is 0 Å². The molecule has 1 heterocycles. The van der Waals surface area contributed by atoms with Crippen molar-refractivity contribution >= 4 is 33.4 Å². The fourth-order valence-corrected chi connectivity index (χ4v) is 4.39. The number of allylic oxidation sites excluding steroid dienone is 2. The molecule has 3 nitrogen and oxygen atoms in total. The van der Waals surface area contributed by atoms with E-state index >= 15 is 0 Å². The van der Waals surface area contributed by atoms with Crippen LogP contribution in [0.5, 0.6) is 0 Å². The van der Waals surface area contributed by atoms with E-state index in [4.69, 9.17) is 0 Å². The SMILES string of the molecule is Cc1cccc(N2C(=O)C3C4C=CC(C4)C3C2=O)c1Br. The fourth-order valence-electron chi connectivity index (χ4n) is 3.94. The quantitative estimate of drug-likeness (QED) is 0.585. The van der Waals surface area contributed by atoms with Crippen molar-refractivity contribution < 1.29 is 9.59 Å². The van der Waals surface area contributed by atoms with Crippen molar-refractivity contribution in [1.29, 1.82) is 0 Å². The van der Waals surface area contributed by atoms with Crippen molar-refractivity contribution in [2.45, 2.75) is 13.3 Å². The Morgan fingerprint density at radius 3 is 2.30 bits per heavy atom. The molecule has 2 aliphatic carbocycles. The molecule has 0 N–H and O–H groups in total. The van der Waals surface area contributed by atoms with Gasteiger partial charge in [-0.15, -0.1) is 0 Å². The van der Waals surface area contributed by atoms with E-state index in [9.17, 15) is 9.59 Å². The van der Waals surface area contributed by atoms with Crippen molar-refractivity contribution in [3.05, 3.63) is 40.4 Å². The summed E-state index contributed by atoms with van der Waals surface area (Å²) < 4.78 is 0.835. The van der Waals surface area contributed by atoms with Gasteiger partial charge in [-0.1, -0.05) is 24.3 Å². The second kappa shape index (κ2) is 4.04. The minimum Gasteiger partial charge on any atom is -0.274 e. The molecule has 4 heteroatoms. The van der Waals surface area contributed by atoms with Crippen LogP contribution in [0.1, 0.15) is 12.0 Å².